The minimum Gasteiger partial charge on any atom is -0.444 e. The molecular weight excluding hydrogens is 220 g/mol. The first-order valence-corrected chi connectivity index (χ1v) is 6.27. The molecule has 0 heterocycles. The first-order chi connectivity index (χ1) is 7.90. The Morgan fingerprint density at radius 3 is 2.53 bits per heavy atom. The van der Waals surface area contributed by atoms with Crippen molar-refractivity contribution in [1.29, 1.82) is 0 Å². The van der Waals surface area contributed by atoms with Gasteiger partial charge in [-0.15, -0.1) is 0 Å². The van der Waals surface area contributed by atoms with Crippen molar-refractivity contribution in [3.05, 3.63) is 0 Å². The summed E-state index contributed by atoms with van der Waals surface area (Å²) in [6, 6.07) is 0.512. The average Bonchev–Trinajstić information content (AvgIpc) is 2.59. The summed E-state index contributed by atoms with van der Waals surface area (Å²) < 4.78 is 5.21. The lowest BCUT2D eigenvalue weighted by atomic mass is 10.2. The maximum Gasteiger partial charge on any atom is 0.407 e. The molecule has 0 bridgehead atoms. The van der Waals surface area contributed by atoms with Gasteiger partial charge in [-0.25, -0.2) is 4.79 Å². The molecule has 0 aliphatic heterocycles. The molecule has 0 spiro atoms. The molecule has 1 amide bonds. The van der Waals surface area contributed by atoms with Gasteiger partial charge in [0.05, 0.1) is 6.61 Å². The van der Waals surface area contributed by atoms with Crippen LogP contribution in [0.5, 0.6) is 0 Å². The summed E-state index contributed by atoms with van der Waals surface area (Å²) in [6.07, 6.45) is 2.53. The van der Waals surface area contributed by atoms with Crippen LogP contribution >= 0.6 is 0 Å². The molecule has 1 aliphatic rings. The lowest BCUT2D eigenvalue weighted by Gasteiger charge is -2.21. The predicted molar refractivity (Wildman–Crippen MR) is 65.6 cm³/mol. The highest BCUT2D eigenvalue weighted by atomic mass is 16.6. The zero-order valence-electron chi connectivity index (χ0n) is 11.2. The minimum atomic E-state index is -0.439. The molecule has 1 aliphatic carbocycles. The number of alkyl carbamates (subject to hydrolysis) is 1. The molecule has 0 saturated heterocycles. The molecule has 1 saturated carbocycles. The number of nitrogens with one attached hydrogen (secondary N) is 2. The van der Waals surface area contributed by atoms with Gasteiger partial charge in [0, 0.05) is 12.1 Å². The molecule has 2 unspecified atom stereocenters. The van der Waals surface area contributed by atoms with E-state index >= 15 is 0 Å². The number of ether oxygens (including phenoxy) is 1. The second-order valence-electron chi connectivity index (χ2n) is 5.40. The van der Waals surface area contributed by atoms with Crippen molar-refractivity contribution in [2.45, 2.75) is 64.6 Å². The van der Waals surface area contributed by atoms with E-state index < -0.39 is 5.60 Å². The number of hydrogen-bond donors (Lipinski definition) is 2. The second kappa shape index (κ2) is 6.21. The molecule has 1 rings (SSSR count). The third-order valence-electron chi connectivity index (χ3n) is 2.55. The summed E-state index contributed by atoms with van der Waals surface area (Å²) in [5, 5.41) is 2.89. The lowest BCUT2D eigenvalue weighted by Crippen LogP contribution is -2.39. The first kappa shape index (κ1) is 14.3. The smallest absolute Gasteiger partial charge is 0.407 e. The summed E-state index contributed by atoms with van der Waals surface area (Å²) >= 11 is 0. The van der Waals surface area contributed by atoms with Crippen LogP contribution in [0.15, 0.2) is 0 Å². The molecule has 0 aromatic rings. The average molecular weight is 244 g/mol. The van der Waals surface area contributed by atoms with Crippen LogP contribution in [0.4, 0.5) is 4.79 Å². The van der Waals surface area contributed by atoms with E-state index in [9.17, 15) is 4.79 Å². The molecule has 17 heavy (non-hydrogen) atoms. The van der Waals surface area contributed by atoms with E-state index in [4.69, 9.17) is 9.57 Å². The first-order valence-electron chi connectivity index (χ1n) is 6.27. The van der Waals surface area contributed by atoms with Gasteiger partial charge in [0.15, 0.2) is 0 Å². The SMILES string of the molecule is CCONC1CCC(NC(=O)OC(C)(C)C)C1. The van der Waals surface area contributed by atoms with E-state index in [1.165, 1.54) is 0 Å². The van der Waals surface area contributed by atoms with E-state index in [1.54, 1.807) is 0 Å². The monoisotopic (exact) mass is 244 g/mol. The normalized spacial score (nSPS) is 24.7. The quantitative estimate of drug-likeness (QED) is 0.742. The van der Waals surface area contributed by atoms with E-state index in [2.05, 4.69) is 10.8 Å². The zero-order chi connectivity index (χ0) is 12.9. The maximum atomic E-state index is 11.6. The Labute approximate surface area is 103 Å². The standard InChI is InChI=1S/C12H24N2O3/c1-5-16-14-10-7-6-9(8-10)13-11(15)17-12(2,3)4/h9-10,14H,5-8H2,1-4H3,(H,13,15). The van der Waals surface area contributed by atoms with Crippen LogP contribution in [0.3, 0.4) is 0 Å². The van der Waals surface area contributed by atoms with Crippen molar-refractivity contribution in [1.82, 2.24) is 10.8 Å². The fourth-order valence-electron chi connectivity index (χ4n) is 1.90. The zero-order valence-corrected chi connectivity index (χ0v) is 11.2. The van der Waals surface area contributed by atoms with Crippen LogP contribution in [-0.4, -0.2) is 30.4 Å². The largest absolute Gasteiger partial charge is 0.444 e. The Kier molecular flexibility index (Phi) is 5.21. The molecular formula is C12H24N2O3. The van der Waals surface area contributed by atoms with Gasteiger partial charge < -0.3 is 14.9 Å². The Hall–Kier alpha value is -0.810. The van der Waals surface area contributed by atoms with Crippen LogP contribution in [0.25, 0.3) is 0 Å². The number of carbonyl (C=O) groups is 1. The highest BCUT2D eigenvalue weighted by Gasteiger charge is 2.27. The van der Waals surface area contributed by atoms with Crippen LogP contribution < -0.4 is 10.8 Å². The summed E-state index contributed by atoms with van der Waals surface area (Å²) in [5.41, 5.74) is 2.55. The molecule has 0 aromatic heterocycles. The van der Waals surface area contributed by atoms with Gasteiger partial charge in [0.25, 0.3) is 0 Å². The van der Waals surface area contributed by atoms with Gasteiger partial charge in [-0.05, 0) is 47.0 Å². The molecule has 5 heteroatoms. The molecule has 100 valence electrons. The van der Waals surface area contributed by atoms with Gasteiger partial charge in [0.1, 0.15) is 5.60 Å². The topological polar surface area (TPSA) is 59.6 Å². The summed E-state index contributed by atoms with van der Waals surface area (Å²) in [4.78, 5) is 16.7. The molecule has 5 nitrogen and oxygen atoms in total. The lowest BCUT2D eigenvalue weighted by molar-refractivity contribution is 0.0250. The van der Waals surface area contributed by atoms with Crippen molar-refractivity contribution in [2.75, 3.05) is 6.61 Å². The number of rotatable bonds is 4. The van der Waals surface area contributed by atoms with E-state index in [0.29, 0.717) is 12.6 Å². The van der Waals surface area contributed by atoms with Crippen LogP contribution in [0.1, 0.15) is 47.0 Å². The highest BCUT2D eigenvalue weighted by molar-refractivity contribution is 5.68. The van der Waals surface area contributed by atoms with E-state index in [-0.39, 0.29) is 12.1 Å². The third kappa shape index (κ3) is 5.89. The van der Waals surface area contributed by atoms with Crippen LogP contribution in [0, 0.1) is 0 Å². The van der Waals surface area contributed by atoms with Gasteiger partial charge in [0.2, 0.25) is 0 Å². The molecule has 0 aromatic carbocycles. The van der Waals surface area contributed by atoms with E-state index in [1.807, 2.05) is 27.7 Å². The van der Waals surface area contributed by atoms with Crippen molar-refractivity contribution >= 4 is 6.09 Å². The van der Waals surface area contributed by atoms with Crippen LogP contribution in [-0.2, 0) is 9.57 Å². The number of hydroxylamine groups is 1. The van der Waals surface area contributed by atoms with Crippen molar-refractivity contribution in [2.24, 2.45) is 0 Å². The number of hydrogen-bond acceptors (Lipinski definition) is 4. The summed E-state index contributed by atoms with van der Waals surface area (Å²) in [6.45, 7) is 8.18. The van der Waals surface area contributed by atoms with Gasteiger partial charge in [-0.1, -0.05) is 0 Å². The predicted octanol–water partition coefficient (Wildman–Crippen LogP) is 1.97. The highest BCUT2D eigenvalue weighted by Crippen LogP contribution is 2.19. The van der Waals surface area contributed by atoms with Crippen LogP contribution in [0.2, 0.25) is 0 Å². The Morgan fingerprint density at radius 1 is 1.29 bits per heavy atom. The third-order valence-corrected chi connectivity index (χ3v) is 2.55. The van der Waals surface area contributed by atoms with Gasteiger partial charge >= 0.3 is 6.09 Å². The van der Waals surface area contributed by atoms with Crippen molar-refractivity contribution in [3.63, 3.8) is 0 Å². The van der Waals surface area contributed by atoms with Crippen molar-refractivity contribution in [3.8, 4) is 0 Å². The fourth-order valence-corrected chi connectivity index (χ4v) is 1.90. The maximum absolute atomic E-state index is 11.6. The number of amides is 1. The summed E-state index contributed by atoms with van der Waals surface area (Å²) in [7, 11) is 0. The van der Waals surface area contributed by atoms with Crippen molar-refractivity contribution < 1.29 is 14.4 Å². The molecule has 2 N–H and O–H groups in total. The van der Waals surface area contributed by atoms with Gasteiger partial charge in [-0.3, -0.25) is 0 Å². The van der Waals surface area contributed by atoms with Gasteiger partial charge in [-0.2, -0.15) is 5.48 Å². The Balaban J connectivity index is 2.23. The Morgan fingerprint density at radius 2 is 1.94 bits per heavy atom. The Bertz CT molecular complexity index is 251. The van der Waals surface area contributed by atoms with E-state index in [0.717, 1.165) is 19.3 Å². The fraction of sp³-hybridized carbons (Fsp3) is 0.917. The second-order valence-corrected chi connectivity index (χ2v) is 5.40. The minimum absolute atomic E-state index is 0.183. The molecule has 1 fully saturated rings. The molecule has 2 atom stereocenters. The molecule has 0 radical (unpaired) electrons. The summed E-state index contributed by atoms with van der Waals surface area (Å²) in [5.74, 6) is 0. The number of carbonyl (C=O) groups excluding carboxylic acids is 1.